The van der Waals surface area contributed by atoms with Gasteiger partial charge in [-0.2, -0.15) is 0 Å². The van der Waals surface area contributed by atoms with Crippen molar-refractivity contribution in [2.45, 2.75) is 12.5 Å². The Labute approximate surface area is 99.0 Å². The predicted molar refractivity (Wildman–Crippen MR) is 61.4 cm³/mol. The zero-order valence-corrected chi connectivity index (χ0v) is 9.53. The SMILES string of the molecule is CNNC(=O)C(N)Cc1ccc2c(c1)OCO2. The average Bonchev–Trinajstić information content (AvgIpc) is 2.76. The van der Waals surface area contributed by atoms with E-state index in [9.17, 15) is 4.79 Å². The fourth-order valence-electron chi connectivity index (χ4n) is 1.63. The summed E-state index contributed by atoms with van der Waals surface area (Å²) in [7, 11) is 1.62. The van der Waals surface area contributed by atoms with Crippen LogP contribution in [0.3, 0.4) is 0 Å². The highest BCUT2D eigenvalue weighted by Gasteiger charge is 2.17. The van der Waals surface area contributed by atoms with Crippen molar-refractivity contribution in [2.24, 2.45) is 5.73 Å². The fraction of sp³-hybridized carbons (Fsp3) is 0.364. The Morgan fingerprint density at radius 3 is 3.00 bits per heavy atom. The highest BCUT2D eigenvalue weighted by molar-refractivity contribution is 5.81. The Hall–Kier alpha value is -1.79. The second kappa shape index (κ2) is 5.03. The van der Waals surface area contributed by atoms with Gasteiger partial charge in [0, 0.05) is 7.05 Å². The van der Waals surface area contributed by atoms with Crippen molar-refractivity contribution in [3.05, 3.63) is 23.8 Å². The summed E-state index contributed by atoms with van der Waals surface area (Å²) in [4.78, 5) is 11.4. The first-order valence-corrected chi connectivity index (χ1v) is 5.31. The zero-order valence-electron chi connectivity index (χ0n) is 9.53. The van der Waals surface area contributed by atoms with Gasteiger partial charge in [-0.15, -0.1) is 0 Å². The van der Waals surface area contributed by atoms with Crippen molar-refractivity contribution in [3.8, 4) is 11.5 Å². The predicted octanol–water partition coefficient (Wildman–Crippen LogP) is -0.464. The number of hydrogen-bond donors (Lipinski definition) is 3. The first kappa shape index (κ1) is 11.7. The highest BCUT2D eigenvalue weighted by Crippen LogP contribution is 2.32. The number of carbonyl (C=O) groups is 1. The third-order valence-corrected chi connectivity index (χ3v) is 2.48. The van der Waals surface area contributed by atoms with Crippen LogP contribution in [0.2, 0.25) is 0 Å². The number of hydrogen-bond acceptors (Lipinski definition) is 5. The van der Waals surface area contributed by atoms with Crippen molar-refractivity contribution >= 4 is 5.91 Å². The molecule has 1 atom stereocenters. The van der Waals surface area contributed by atoms with Crippen LogP contribution in [0.1, 0.15) is 5.56 Å². The standard InChI is InChI=1S/C11H15N3O3/c1-13-14-11(15)8(12)4-7-2-3-9-10(5-7)17-6-16-9/h2-3,5,8,13H,4,6,12H2,1H3,(H,14,15). The van der Waals surface area contributed by atoms with E-state index in [1.807, 2.05) is 18.2 Å². The Morgan fingerprint density at radius 2 is 2.24 bits per heavy atom. The molecule has 0 bridgehead atoms. The molecular weight excluding hydrogens is 222 g/mol. The first-order valence-electron chi connectivity index (χ1n) is 5.31. The van der Waals surface area contributed by atoms with Crippen LogP contribution in [-0.2, 0) is 11.2 Å². The lowest BCUT2D eigenvalue weighted by Gasteiger charge is -2.11. The van der Waals surface area contributed by atoms with Gasteiger partial charge in [0.25, 0.3) is 5.91 Å². The molecule has 17 heavy (non-hydrogen) atoms. The number of hydrazine groups is 1. The van der Waals surface area contributed by atoms with E-state index in [-0.39, 0.29) is 12.7 Å². The number of carbonyl (C=O) groups excluding carboxylic acids is 1. The largest absolute Gasteiger partial charge is 0.454 e. The molecule has 1 amide bonds. The second-order valence-corrected chi connectivity index (χ2v) is 3.74. The first-order chi connectivity index (χ1) is 8.20. The lowest BCUT2D eigenvalue weighted by Crippen LogP contribution is -2.46. The molecule has 4 N–H and O–H groups in total. The van der Waals surface area contributed by atoms with Crippen LogP contribution in [0, 0.1) is 0 Å². The number of fused-ring (bicyclic) bond motifs is 1. The molecule has 0 spiro atoms. The van der Waals surface area contributed by atoms with E-state index < -0.39 is 6.04 Å². The third-order valence-electron chi connectivity index (χ3n) is 2.48. The second-order valence-electron chi connectivity index (χ2n) is 3.74. The Morgan fingerprint density at radius 1 is 1.47 bits per heavy atom. The van der Waals surface area contributed by atoms with Crippen LogP contribution in [0.15, 0.2) is 18.2 Å². The van der Waals surface area contributed by atoms with Crippen molar-refractivity contribution < 1.29 is 14.3 Å². The van der Waals surface area contributed by atoms with E-state index in [0.717, 1.165) is 11.3 Å². The normalized spacial score (nSPS) is 14.5. The molecule has 2 rings (SSSR count). The zero-order chi connectivity index (χ0) is 12.3. The van der Waals surface area contributed by atoms with Gasteiger partial charge in [0.05, 0.1) is 6.04 Å². The lowest BCUT2D eigenvalue weighted by molar-refractivity contribution is -0.123. The molecule has 1 aliphatic heterocycles. The number of nitrogens with two attached hydrogens (primary N) is 1. The Balaban J connectivity index is 2.01. The van der Waals surface area contributed by atoms with Crippen LogP contribution in [0.5, 0.6) is 11.5 Å². The van der Waals surface area contributed by atoms with E-state index in [2.05, 4.69) is 10.9 Å². The molecule has 0 aromatic heterocycles. The van der Waals surface area contributed by atoms with Gasteiger partial charge in [-0.05, 0) is 24.1 Å². The van der Waals surface area contributed by atoms with Gasteiger partial charge in [-0.3, -0.25) is 10.2 Å². The van der Waals surface area contributed by atoms with E-state index in [0.29, 0.717) is 12.2 Å². The topological polar surface area (TPSA) is 85.6 Å². The molecule has 92 valence electrons. The Kier molecular flexibility index (Phi) is 3.46. The summed E-state index contributed by atoms with van der Waals surface area (Å²) in [6.45, 7) is 0.241. The summed E-state index contributed by atoms with van der Waals surface area (Å²) in [5.74, 6) is 1.18. The summed E-state index contributed by atoms with van der Waals surface area (Å²) < 4.78 is 10.5. The molecule has 0 aliphatic carbocycles. The van der Waals surface area contributed by atoms with Crippen LogP contribution >= 0.6 is 0 Å². The maximum absolute atomic E-state index is 11.4. The average molecular weight is 237 g/mol. The molecule has 1 heterocycles. The summed E-state index contributed by atoms with van der Waals surface area (Å²) >= 11 is 0. The highest BCUT2D eigenvalue weighted by atomic mass is 16.7. The van der Waals surface area contributed by atoms with Crippen molar-refractivity contribution in [2.75, 3.05) is 13.8 Å². The van der Waals surface area contributed by atoms with E-state index in [1.165, 1.54) is 0 Å². The number of ether oxygens (including phenoxy) is 2. The van der Waals surface area contributed by atoms with E-state index in [1.54, 1.807) is 7.05 Å². The maximum Gasteiger partial charge on any atom is 0.251 e. The van der Waals surface area contributed by atoms with Gasteiger partial charge < -0.3 is 15.2 Å². The molecule has 6 nitrogen and oxygen atoms in total. The molecule has 0 saturated carbocycles. The molecule has 1 aromatic rings. The smallest absolute Gasteiger partial charge is 0.251 e. The minimum atomic E-state index is -0.595. The third kappa shape index (κ3) is 2.66. The number of nitrogens with one attached hydrogen (secondary N) is 2. The van der Waals surface area contributed by atoms with Crippen molar-refractivity contribution in [1.82, 2.24) is 10.9 Å². The van der Waals surface area contributed by atoms with Gasteiger partial charge in [-0.25, -0.2) is 5.43 Å². The fourth-order valence-corrected chi connectivity index (χ4v) is 1.63. The van der Waals surface area contributed by atoms with E-state index in [4.69, 9.17) is 15.2 Å². The molecule has 1 unspecified atom stereocenters. The van der Waals surface area contributed by atoms with Crippen molar-refractivity contribution in [1.29, 1.82) is 0 Å². The monoisotopic (exact) mass is 237 g/mol. The van der Waals surface area contributed by atoms with Crippen LogP contribution in [0.4, 0.5) is 0 Å². The van der Waals surface area contributed by atoms with Crippen LogP contribution in [-0.4, -0.2) is 25.8 Å². The van der Waals surface area contributed by atoms with Gasteiger partial charge in [0.15, 0.2) is 11.5 Å². The molecule has 1 aliphatic rings. The molecular formula is C11H15N3O3. The van der Waals surface area contributed by atoms with E-state index >= 15 is 0 Å². The maximum atomic E-state index is 11.4. The minimum absolute atomic E-state index is 0.241. The summed E-state index contributed by atoms with van der Waals surface area (Å²) in [6, 6.07) is 4.94. The summed E-state index contributed by atoms with van der Waals surface area (Å²) in [6.07, 6.45) is 0.449. The van der Waals surface area contributed by atoms with Gasteiger partial charge >= 0.3 is 0 Å². The van der Waals surface area contributed by atoms with Crippen LogP contribution < -0.4 is 26.1 Å². The number of rotatable bonds is 4. The number of benzene rings is 1. The van der Waals surface area contributed by atoms with Gasteiger partial charge in [0.2, 0.25) is 6.79 Å². The summed E-state index contributed by atoms with van der Waals surface area (Å²) in [5.41, 5.74) is 11.7. The summed E-state index contributed by atoms with van der Waals surface area (Å²) in [5, 5.41) is 0. The molecule has 0 saturated heterocycles. The lowest BCUT2D eigenvalue weighted by atomic mass is 10.1. The van der Waals surface area contributed by atoms with Crippen molar-refractivity contribution in [3.63, 3.8) is 0 Å². The minimum Gasteiger partial charge on any atom is -0.454 e. The molecule has 6 heteroatoms. The van der Waals surface area contributed by atoms with Gasteiger partial charge in [-0.1, -0.05) is 6.07 Å². The number of amides is 1. The molecule has 0 radical (unpaired) electrons. The van der Waals surface area contributed by atoms with Crippen LogP contribution in [0.25, 0.3) is 0 Å². The quantitative estimate of drug-likeness (QED) is 0.617. The molecule has 1 aromatic carbocycles. The Bertz CT molecular complexity index is 422. The molecule has 0 fully saturated rings. The van der Waals surface area contributed by atoms with Gasteiger partial charge in [0.1, 0.15) is 0 Å².